The van der Waals surface area contributed by atoms with E-state index in [9.17, 15) is 5.11 Å². The maximum atomic E-state index is 9.31. The van der Waals surface area contributed by atoms with Crippen molar-refractivity contribution in [2.45, 2.75) is 59.1 Å². The Morgan fingerprint density at radius 3 is 2.47 bits per heavy atom. The largest absolute Gasteiger partial charge is 0.392 e. The van der Waals surface area contributed by atoms with Gasteiger partial charge in [-0.15, -0.1) is 0 Å². The number of hydrogen-bond acceptors (Lipinski definition) is 2. The topological polar surface area (TPSA) is 32.3 Å². The molecule has 1 aliphatic rings. The zero-order valence-corrected chi connectivity index (χ0v) is 10.7. The summed E-state index contributed by atoms with van der Waals surface area (Å²) in [7, 11) is 0. The van der Waals surface area contributed by atoms with Crippen molar-refractivity contribution in [3.63, 3.8) is 0 Å². The molecule has 0 radical (unpaired) electrons. The predicted molar refractivity (Wildman–Crippen MR) is 64.8 cm³/mol. The zero-order valence-electron chi connectivity index (χ0n) is 10.7. The monoisotopic (exact) mass is 213 g/mol. The highest BCUT2D eigenvalue weighted by Crippen LogP contribution is 2.33. The van der Waals surface area contributed by atoms with Gasteiger partial charge in [-0.2, -0.15) is 0 Å². The van der Waals surface area contributed by atoms with Crippen molar-refractivity contribution in [2.24, 2.45) is 17.8 Å². The molecule has 2 nitrogen and oxygen atoms in total. The molecule has 2 N–H and O–H groups in total. The zero-order chi connectivity index (χ0) is 11.4. The minimum atomic E-state index is -0.227. The summed E-state index contributed by atoms with van der Waals surface area (Å²) in [6.45, 7) is 9.56. The van der Waals surface area contributed by atoms with Gasteiger partial charge in [0.25, 0.3) is 0 Å². The lowest BCUT2D eigenvalue weighted by Crippen LogP contribution is -2.45. The van der Waals surface area contributed by atoms with E-state index in [2.05, 4.69) is 26.1 Å². The Morgan fingerprint density at radius 2 is 1.93 bits per heavy atom. The van der Waals surface area contributed by atoms with Crippen molar-refractivity contribution in [1.29, 1.82) is 0 Å². The van der Waals surface area contributed by atoms with Crippen molar-refractivity contribution in [3.8, 4) is 0 Å². The van der Waals surface area contributed by atoms with Crippen LogP contribution in [-0.2, 0) is 0 Å². The van der Waals surface area contributed by atoms with Gasteiger partial charge in [-0.25, -0.2) is 0 Å². The first kappa shape index (κ1) is 13.0. The molecule has 0 aromatic heterocycles. The van der Waals surface area contributed by atoms with Crippen LogP contribution in [0.1, 0.15) is 47.0 Å². The second-order valence-electron chi connectivity index (χ2n) is 5.69. The van der Waals surface area contributed by atoms with Crippen LogP contribution in [0.5, 0.6) is 0 Å². The van der Waals surface area contributed by atoms with Crippen LogP contribution in [0.2, 0.25) is 0 Å². The van der Waals surface area contributed by atoms with Crippen LogP contribution in [0.15, 0.2) is 0 Å². The Labute approximate surface area is 94.5 Å². The lowest BCUT2D eigenvalue weighted by atomic mass is 9.74. The van der Waals surface area contributed by atoms with Crippen molar-refractivity contribution in [3.05, 3.63) is 0 Å². The number of rotatable bonds is 4. The molecule has 1 saturated carbocycles. The first-order chi connectivity index (χ1) is 7.00. The van der Waals surface area contributed by atoms with Gasteiger partial charge in [0.2, 0.25) is 0 Å². The maximum absolute atomic E-state index is 9.31. The molecule has 90 valence electrons. The van der Waals surface area contributed by atoms with Gasteiger partial charge in [0.05, 0.1) is 6.10 Å². The summed E-state index contributed by atoms with van der Waals surface area (Å²) in [5, 5.41) is 12.8. The number of nitrogens with one attached hydrogen (secondary N) is 1. The van der Waals surface area contributed by atoms with Gasteiger partial charge in [0.1, 0.15) is 0 Å². The smallest absolute Gasteiger partial charge is 0.0636 e. The minimum Gasteiger partial charge on any atom is -0.392 e. The summed E-state index contributed by atoms with van der Waals surface area (Å²) in [5.74, 6) is 2.38. The fraction of sp³-hybridized carbons (Fsp3) is 1.00. The van der Waals surface area contributed by atoms with E-state index in [1.807, 2.05) is 6.92 Å². The van der Waals surface area contributed by atoms with Gasteiger partial charge in [0, 0.05) is 12.6 Å². The molecule has 1 fully saturated rings. The molecular weight excluding hydrogens is 186 g/mol. The fourth-order valence-electron chi connectivity index (χ4n) is 2.76. The Hall–Kier alpha value is -0.0800. The first-order valence-electron chi connectivity index (χ1n) is 6.42. The van der Waals surface area contributed by atoms with Gasteiger partial charge in [-0.1, -0.05) is 27.2 Å². The van der Waals surface area contributed by atoms with E-state index in [4.69, 9.17) is 0 Å². The molecule has 0 amide bonds. The van der Waals surface area contributed by atoms with Crippen molar-refractivity contribution < 1.29 is 5.11 Å². The summed E-state index contributed by atoms with van der Waals surface area (Å²) in [4.78, 5) is 0. The van der Waals surface area contributed by atoms with Crippen LogP contribution < -0.4 is 5.32 Å². The second kappa shape index (κ2) is 5.86. The summed E-state index contributed by atoms with van der Waals surface area (Å²) in [6, 6.07) is 0.614. The molecule has 0 aromatic carbocycles. The molecule has 1 aliphatic carbocycles. The first-order valence-corrected chi connectivity index (χ1v) is 6.42. The Kier molecular flexibility index (Phi) is 5.07. The van der Waals surface area contributed by atoms with Crippen LogP contribution in [0, 0.1) is 17.8 Å². The molecule has 4 atom stereocenters. The standard InChI is InChI=1S/C13H27NO/c1-9(2)12-6-5-10(3)7-13(12)14-8-11(4)15/h9-15H,5-8H2,1-4H3/t10-,11-,12+,13-/m1/s1. The number of aliphatic hydroxyl groups excluding tert-OH is 1. The third-order valence-corrected chi connectivity index (χ3v) is 3.70. The van der Waals surface area contributed by atoms with E-state index >= 15 is 0 Å². The molecule has 0 spiro atoms. The van der Waals surface area contributed by atoms with Crippen LogP contribution in [0.3, 0.4) is 0 Å². The molecular formula is C13H27NO. The lowest BCUT2D eigenvalue weighted by molar-refractivity contribution is 0.138. The maximum Gasteiger partial charge on any atom is 0.0636 e. The average Bonchev–Trinajstić information content (AvgIpc) is 2.14. The van der Waals surface area contributed by atoms with Gasteiger partial charge < -0.3 is 10.4 Å². The highest BCUT2D eigenvalue weighted by Gasteiger charge is 2.30. The molecule has 0 heterocycles. The summed E-state index contributed by atoms with van der Waals surface area (Å²) in [6.07, 6.45) is 3.76. The van der Waals surface area contributed by atoms with Crippen molar-refractivity contribution >= 4 is 0 Å². The summed E-state index contributed by atoms with van der Waals surface area (Å²) >= 11 is 0. The molecule has 0 aromatic rings. The fourth-order valence-corrected chi connectivity index (χ4v) is 2.76. The molecule has 15 heavy (non-hydrogen) atoms. The lowest BCUT2D eigenvalue weighted by Gasteiger charge is -2.38. The predicted octanol–water partition coefficient (Wildman–Crippen LogP) is 2.42. The van der Waals surface area contributed by atoms with E-state index in [-0.39, 0.29) is 6.10 Å². The third-order valence-electron chi connectivity index (χ3n) is 3.70. The minimum absolute atomic E-state index is 0.227. The van der Waals surface area contributed by atoms with Crippen LogP contribution in [-0.4, -0.2) is 23.8 Å². The van der Waals surface area contributed by atoms with Crippen molar-refractivity contribution in [1.82, 2.24) is 5.32 Å². The summed E-state index contributed by atoms with van der Waals surface area (Å²) in [5.41, 5.74) is 0. The SMILES string of the molecule is CC(C)[C@@H]1CC[C@@H](C)C[C@H]1NC[C@@H](C)O. The van der Waals surface area contributed by atoms with Gasteiger partial charge in [0.15, 0.2) is 0 Å². The van der Waals surface area contributed by atoms with E-state index in [1.54, 1.807) is 0 Å². The van der Waals surface area contributed by atoms with E-state index in [1.165, 1.54) is 19.3 Å². The molecule has 2 heteroatoms. The van der Waals surface area contributed by atoms with Gasteiger partial charge in [-0.05, 0) is 37.5 Å². The van der Waals surface area contributed by atoms with Crippen molar-refractivity contribution in [2.75, 3.05) is 6.54 Å². The highest BCUT2D eigenvalue weighted by atomic mass is 16.3. The molecule has 0 unspecified atom stereocenters. The van der Waals surface area contributed by atoms with Crippen LogP contribution in [0.4, 0.5) is 0 Å². The van der Waals surface area contributed by atoms with Gasteiger partial charge in [-0.3, -0.25) is 0 Å². The Morgan fingerprint density at radius 1 is 1.27 bits per heavy atom. The number of aliphatic hydroxyl groups is 1. The van der Waals surface area contributed by atoms with Gasteiger partial charge >= 0.3 is 0 Å². The molecule has 0 saturated heterocycles. The normalized spacial score (nSPS) is 34.4. The molecule has 1 rings (SSSR count). The van der Waals surface area contributed by atoms with Crippen LogP contribution in [0.25, 0.3) is 0 Å². The molecule has 0 bridgehead atoms. The second-order valence-corrected chi connectivity index (χ2v) is 5.69. The number of hydrogen-bond donors (Lipinski definition) is 2. The van der Waals surface area contributed by atoms with E-state index in [0.717, 1.165) is 24.3 Å². The Bertz CT molecular complexity index is 179. The summed E-state index contributed by atoms with van der Waals surface area (Å²) < 4.78 is 0. The molecule has 0 aliphatic heterocycles. The van der Waals surface area contributed by atoms with E-state index in [0.29, 0.717) is 6.04 Å². The van der Waals surface area contributed by atoms with Crippen LogP contribution >= 0.6 is 0 Å². The average molecular weight is 213 g/mol. The Balaban J connectivity index is 2.46. The quantitative estimate of drug-likeness (QED) is 0.751. The third kappa shape index (κ3) is 4.12. The van der Waals surface area contributed by atoms with E-state index < -0.39 is 0 Å². The highest BCUT2D eigenvalue weighted by molar-refractivity contribution is 4.85.